The average Bonchev–Trinajstić information content (AvgIpc) is 2.11. The van der Waals surface area contributed by atoms with Crippen LogP contribution in [0.15, 0.2) is 0 Å². The standard InChI is InChI=1S/C13H27NO2/c1-7-10(2)13(6,16)9-14-11(15)8-12(3,4)5/h10,16H,7-9H2,1-6H3,(H,14,15). The Morgan fingerprint density at radius 3 is 2.19 bits per heavy atom. The maximum atomic E-state index is 11.6. The molecule has 0 aromatic carbocycles. The van der Waals surface area contributed by atoms with Gasteiger partial charge in [0.2, 0.25) is 5.91 Å². The van der Waals surface area contributed by atoms with E-state index >= 15 is 0 Å². The highest BCUT2D eigenvalue weighted by Crippen LogP contribution is 2.20. The van der Waals surface area contributed by atoms with Gasteiger partial charge in [-0.15, -0.1) is 0 Å². The van der Waals surface area contributed by atoms with E-state index in [4.69, 9.17) is 0 Å². The first-order valence-electron chi connectivity index (χ1n) is 6.07. The first-order valence-corrected chi connectivity index (χ1v) is 6.07. The van der Waals surface area contributed by atoms with Gasteiger partial charge in [0, 0.05) is 13.0 Å². The second kappa shape index (κ2) is 5.67. The van der Waals surface area contributed by atoms with Crippen molar-refractivity contribution >= 4 is 5.91 Å². The number of rotatable bonds is 5. The third-order valence-corrected chi connectivity index (χ3v) is 3.01. The molecule has 0 radical (unpaired) electrons. The Morgan fingerprint density at radius 1 is 1.31 bits per heavy atom. The smallest absolute Gasteiger partial charge is 0.220 e. The molecule has 3 heteroatoms. The summed E-state index contributed by atoms with van der Waals surface area (Å²) in [4.78, 5) is 11.6. The SMILES string of the molecule is CCC(C)C(C)(O)CNC(=O)CC(C)(C)C. The molecule has 0 aliphatic carbocycles. The third kappa shape index (κ3) is 6.11. The first kappa shape index (κ1) is 15.4. The average molecular weight is 229 g/mol. The minimum absolute atomic E-state index is 0.00763. The van der Waals surface area contributed by atoms with Gasteiger partial charge in [0.05, 0.1) is 5.60 Å². The number of carbonyl (C=O) groups is 1. The Bertz CT molecular complexity index is 229. The van der Waals surface area contributed by atoms with Gasteiger partial charge in [-0.25, -0.2) is 0 Å². The van der Waals surface area contributed by atoms with Gasteiger partial charge in [-0.05, 0) is 18.3 Å². The van der Waals surface area contributed by atoms with Gasteiger partial charge in [-0.1, -0.05) is 41.0 Å². The minimum Gasteiger partial charge on any atom is -0.388 e. The molecule has 2 N–H and O–H groups in total. The van der Waals surface area contributed by atoms with Crippen LogP contribution in [-0.2, 0) is 4.79 Å². The molecule has 16 heavy (non-hydrogen) atoms. The van der Waals surface area contributed by atoms with Gasteiger partial charge >= 0.3 is 0 Å². The summed E-state index contributed by atoms with van der Waals surface area (Å²) in [6.45, 7) is 12.2. The molecule has 0 saturated carbocycles. The van der Waals surface area contributed by atoms with Crippen LogP contribution in [0.4, 0.5) is 0 Å². The fraction of sp³-hybridized carbons (Fsp3) is 0.923. The summed E-state index contributed by atoms with van der Waals surface area (Å²) in [6, 6.07) is 0. The van der Waals surface area contributed by atoms with E-state index in [-0.39, 0.29) is 17.2 Å². The van der Waals surface area contributed by atoms with E-state index in [2.05, 4.69) is 5.32 Å². The number of hydrogen-bond acceptors (Lipinski definition) is 2. The Labute approximate surface area is 99.6 Å². The van der Waals surface area contributed by atoms with E-state index < -0.39 is 5.60 Å². The van der Waals surface area contributed by atoms with E-state index in [0.717, 1.165) is 6.42 Å². The molecular formula is C13H27NO2. The molecule has 0 fully saturated rings. The molecule has 0 aliphatic rings. The first-order chi connectivity index (χ1) is 7.08. The summed E-state index contributed by atoms with van der Waals surface area (Å²) in [5.41, 5.74) is -0.825. The number of aliphatic hydroxyl groups is 1. The van der Waals surface area contributed by atoms with E-state index in [1.54, 1.807) is 6.92 Å². The molecule has 0 rings (SSSR count). The molecular weight excluding hydrogens is 202 g/mol. The molecule has 3 nitrogen and oxygen atoms in total. The lowest BCUT2D eigenvalue weighted by molar-refractivity contribution is -0.124. The van der Waals surface area contributed by atoms with Crippen LogP contribution >= 0.6 is 0 Å². The quantitative estimate of drug-likeness (QED) is 0.760. The summed E-state index contributed by atoms with van der Waals surface area (Å²) in [7, 11) is 0. The summed E-state index contributed by atoms with van der Waals surface area (Å²) in [6.07, 6.45) is 1.39. The highest BCUT2D eigenvalue weighted by Gasteiger charge is 2.27. The van der Waals surface area contributed by atoms with Crippen molar-refractivity contribution in [3.63, 3.8) is 0 Å². The zero-order valence-corrected chi connectivity index (χ0v) is 11.6. The lowest BCUT2D eigenvalue weighted by Gasteiger charge is -2.30. The molecule has 2 atom stereocenters. The van der Waals surface area contributed by atoms with E-state index in [1.807, 2.05) is 34.6 Å². The normalized spacial score (nSPS) is 17.7. The van der Waals surface area contributed by atoms with E-state index in [9.17, 15) is 9.90 Å². The molecule has 0 aromatic rings. The summed E-state index contributed by atoms with van der Waals surface area (Å²) >= 11 is 0. The predicted molar refractivity (Wildman–Crippen MR) is 67.2 cm³/mol. The third-order valence-electron chi connectivity index (χ3n) is 3.01. The van der Waals surface area contributed by atoms with Gasteiger partial charge in [0.25, 0.3) is 0 Å². The van der Waals surface area contributed by atoms with E-state index in [0.29, 0.717) is 13.0 Å². The zero-order chi connectivity index (χ0) is 13.0. The zero-order valence-electron chi connectivity index (χ0n) is 11.6. The molecule has 2 unspecified atom stereocenters. The van der Waals surface area contributed by atoms with Gasteiger partial charge in [0.1, 0.15) is 0 Å². The molecule has 96 valence electrons. The van der Waals surface area contributed by atoms with Crippen LogP contribution in [0.3, 0.4) is 0 Å². The van der Waals surface area contributed by atoms with Gasteiger partial charge in [-0.2, -0.15) is 0 Å². The number of carbonyl (C=O) groups excluding carboxylic acids is 1. The highest BCUT2D eigenvalue weighted by atomic mass is 16.3. The van der Waals surface area contributed by atoms with Crippen LogP contribution in [-0.4, -0.2) is 23.2 Å². The topological polar surface area (TPSA) is 49.3 Å². The molecule has 0 heterocycles. The van der Waals surface area contributed by atoms with E-state index in [1.165, 1.54) is 0 Å². The number of hydrogen-bond donors (Lipinski definition) is 2. The summed E-state index contributed by atoms with van der Waals surface area (Å²) in [5, 5.41) is 12.9. The Morgan fingerprint density at radius 2 is 1.81 bits per heavy atom. The summed E-state index contributed by atoms with van der Waals surface area (Å²) in [5.74, 6) is 0.193. The van der Waals surface area contributed by atoms with Crippen molar-refractivity contribution in [3.8, 4) is 0 Å². The fourth-order valence-corrected chi connectivity index (χ4v) is 1.44. The van der Waals surface area contributed by atoms with Gasteiger partial charge in [0.15, 0.2) is 0 Å². The van der Waals surface area contributed by atoms with Crippen molar-refractivity contribution in [3.05, 3.63) is 0 Å². The largest absolute Gasteiger partial charge is 0.388 e. The minimum atomic E-state index is -0.817. The predicted octanol–water partition coefficient (Wildman–Crippen LogP) is 2.34. The fourth-order valence-electron chi connectivity index (χ4n) is 1.44. The Hall–Kier alpha value is -0.570. The molecule has 0 bridgehead atoms. The van der Waals surface area contributed by atoms with Crippen LogP contribution in [0.5, 0.6) is 0 Å². The Balaban J connectivity index is 4.10. The Kier molecular flexibility index (Phi) is 5.47. The van der Waals surface area contributed by atoms with Crippen LogP contribution in [0.2, 0.25) is 0 Å². The molecule has 0 saturated heterocycles. The van der Waals surface area contributed by atoms with Gasteiger partial charge < -0.3 is 10.4 Å². The summed E-state index contributed by atoms with van der Waals surface area (Å²) < 4.78 is 0. The number of nitrogens with one attached hydrogen (secondary N) is 1. The monoisotopic (exact) mass is 229 g/mol. The second-order valence-corrected chi connectivity index (χ2v) is 6.18. The molecule has 0 aliphatic heterocycles. The second-order valence-electron chi connectivity index (χ2n) is 6.18. The van der Waals surface area contributed by atoms with Crippen LogP contribution in [0.1, 0.15) is 54.4 Å². The lowest BCUT2D eigenvalue weighted by atomic mass is 9.88. The van der Waals surface area contributed by atoms with Gasteiger partial charge in [-0.3, -0.25) is 4.79 Å². The maximum Gasteiger partial charge on any atom is 0.220 e. The van der Waals surface area contributed by atoms with Crippen molar-refractivity contribution < 1.29 is 9.90 Å². The van der Waals surface area contributed by atoms with Crippen molar-refractivity contribution in [2.75, 3.05) is 6.54 Å². The van der Waals surface area contributed by atoms with Crippen molar-refractivity contribution in [2.45, 2.75) is 60.0 Å². The van der Waals surface area contributed by atoms with Crippen LogP contribution in [0.25, 0.3) is 0 Å². The van der Waals surface area contributed by atoms with Crippen LogP contribution < -0.4 is 5.32 Å². The maximum absolute atomic E-state index is 11.6. The molecule has 0 spiro atoms. The number of amides is 1. The highest BCUT2D eigenvalue weighted by molar-refractivity contribution is 5.76. The van der Waals surface area contributed by atoms with Crippen LogP contribution in [0, 0.1) is 11.3 Å². The van der Waals surface area contributed by atoms with Crippen molar-refractivity contribution in [2.24, 2.45) is 11.3 Å². The molecule has 0 aromatic heterocycles. The lowest BCUT2D eigenvalue weighted by Crippen LogP contribution is -2.45. The van der Waals surface area contributed by atoms with Crippen molar-refractivity contribution in [1.82, 2.24) is 5.32 Å². The van der Waals surface area contributed by atoms with Crippen molar-refractivity contribution in [1.29, 1.82) is 0 Å². The molecule has 1 amide bonds.